The molecule has 2 fully saturated rings. The molecule has 0 spiro atoms. The van der Waals surface area contributed by atoms with Crippen LogP contribution < -0.4 is 4.72 Å². The maximum Gasteiger partial charge on any atom is 0.236 e. The third kappa shape index (κ3) is 4.34. The van der Waals surface area contributed by atoms with Crippen molar-refractivity contribution in [2.24, 2.45) is 17.8 Å². The summed E-state index contributed by atoms with van der Waals surface area (Å²) in [7, 11) is -3.63. The Kier molecular flexibility index (Phi) is 5.27. The van der Waals surface area contributed by atoms with Crippen LogP contribution in [0.4, 0.5) is 0 Å². The molecule has 1 heterocycles. The second-order valence-electron chi connectivity index (χ2n) is 7.16. The molecular formula is C16H24N2O4S2. The van der Waals surface area contributed by atoms with Gasteiger partial charge in [0.05, 0.1) is 23.1 Å². The molecule has 4 atom stereocenters. The molecule has 2 saturated carbocycles. The summed E-state index contributed by atoms with van der Waals surface area (Å²) in [5.41, 5.74) is 2.55. The number of thiazole rings is 1. The van der Waals surface area contributed by atoms with Gasteiger partial charge in [-0.25, -0.2) is 13.4 Å². The molecule has 6 nitrogen and oxygen atoms in total. The lowest BCUT2D eigenvalue weighted by molar-refractivity contribution is -0.126. The minimum Gasteiger partial charge on any atom is -0.393 e. The number of hydrogen-bond donors (Lipinski definition) is 2. The number of fused-ring (bicyclic) bond motifs is 2. The first-order valence-corrected chi connectivity index (χ1v) is 11.0. The summed E-state index contributed by atoms with van der Waals surface area (Å²) in [6.07, 6.45) is 4.00. The van der Waals surface area contributed by atoms with Crippen LogP contribution in [0, 0.1) is 24.7 Å². The first-order valence-electron chi connectivity index (χ1n) is 8.43. The predicted molar refractivity (Wildman–Crippen MR) is 92.0 cm³/mol. The van der Waals surface area contributed by atoms with Crippen LogP contribution in [-0.4, -0.2) is 36.3 Å². The lowest BCUT2D eigenvalue weighted by atomic mass is 9.67. The molecule has 2 N–H and O–H groups in total. The standard InChI is InChI=1S/C16H24N2O4S2/c1-10-15(23-9-17-10)2-3-24(21,22)18-16(20)13-5-11-4-12(6-13)8-14(19)7-11/h9,11-14,19H,2-8H2,1H3,(H,18,20)/t11-,12+,13?,14?. The molecule has 1 aromatic heterocycles. The van der Waals surface area contributed by atoms with Gasteiger partial charge in [0, 0.05) is 10.8 Å². The molecule has 3 rings (SSSR count). The van der Waals surface area contributed by atoms with Crippen LogP contribution in [0.3, 0.4) is 0 Å². The Bertz CT molecular complexity index is 683. The number of rotatable bonds is 5. The number of nitrogens with one attached hydrogen (secondary N) is 1. The molecule has 0 saturated heterocycles. The summed E-state index contributed by atoms with van der Waals surface area (Å²) in [5, 5.41) is 9.81. The highest BCUT2D eigenvalue weighted by Crippen LogP contribution is 2.42. The van der Waals surface area contributed by atoms with Gasteiger partial charge in [-0.05, 0) is 57.3 Å². The zero-order valence-corrected chi connectivity index (χ0v) is 15.4. The number of aliphatic hydroxyl groups is 1. The van der Waals surface area contributed by atoms with Crippen molar-refractivity contribution in [2.75, 3.05) is 5.75 Å². The minimum absolute atomic E-state index is 0.0972. The van der Waals surface area contributed by atoms with Gasteiger partial charge in [-0.15, -0.1) is 11.3 Å². The summed E-state index contributed by atoms with van der Waals surface area (Å²) in [6.45, 7) is 1.85. The van der Waals surface area contributed by atoms with Crippen LogP contribution in [0.1, 0.15) is 42.7 Å². The Labute approximate surface area is 146 Å². The van der Waals surface area contributed by atoms with Gasteiger partial charge in [-0.1, -0.05) is 0 Å². The van der Waals surface area contributed by atoms with Gasteiger partial charge in [0.1, 0.15) is 0 Å². The molecule has 8 heteroatoms. The summed E-state index contributed by atoms with van der Waals surface area (Å²) < 4.78 is 26.7. The Morgan fingerprint density at radius 1 is 1.29 bits per heavy atom. The van der Waals surface area contributed by atoms with Gasteiger partial charge in [0.15, 0.2) is 0 Å². The monoisotopic (exact) mass is 372 g/mol. The van der Waals surface area contributed by atoms with E-state index in [1.165, 1.54) is 11.3 Å². The molecule has 2 aliphatic rings. The van der Waals surface area contributed by atoms with Gasteiger partial charge >= 0.3 is 0 Å². The Balaban J connectivity index is 1.55. The highest BCUT2D eigenvalue weighted by atomic mass is 32.2. The second kappa shape index (κ2) is 7.09. The first kappa shape index (κ1) is 17.8. The van der Waals surface area contributed by atoms with Gasteiger partial charge in [0.25, 0.3) is 0 Å². The fourth-order valence-electron chi connectivity index (χ4n) is 4.11. The first-order chi connectivity index (χ1) is 11.3. The van der Waals surface area contributed by atoms with Crippen molar-refractivity contribution >= 4 is 27.3 Å². The molecule has 24 heavy (non-hydrogen) atoms. The molecule has 0 radical (unpaired) electrons. The summed E-state index contributed by atoms with van der Waals surface area (Å²) in [6, 6.07) is 0. The van der Waals surface area contributed by atoms with E-state index < -0.39 is 10.0 Å². The maximum absolute atomic E-state index is 12.4. The van der Waals surface area contributed by atoms with Gasteiger partial charge < -0.3 is 5.11 Å². The van der Waals surface area contributed by atoms with Crippen LogP contribution in [0.15, 0.2) is 5.51 Å². The van der Waals surface area contributed by atoms with Crippen LogP contribution in [-0.2, 0) is 21.2 Å². The number of carbonyl (C=O) groups excluding carboxylic acids is 1. The molecule has 2 aliphatic carbocycles. The number of sulfonamides is 1. The maximum atomic E-state index is 12.4. The van der Waals surface area contributed by atoms with Crippen LogP contribution >= 0.6 is 11.3 Å². The fraction of sp³-hybridized carbons (Fsp3) is 0.750. The molecule has 1 aromatic rings. The molecule has 0 aliphatic heterocycles. The largest absolute Gasteiger partial charge is 0.393 e. The smallest absolute Gasteiger partial charge is 0.236 e. The molecule has 1 amide bonds. The Hall–Kier alpha value is -0.990. The Morgan fingerprint density at radius 2 is 1.96 bits per heavy atom. The number of nitrogens with zero attached hydrogens (tertiary/aromatic N) is 1. The summed E-state index contributed by atoms with van der Waals surface area (Å²) in [4.78, 5) is 17.4. The zero-order chi connectivity index (χ0) is 17.3. The number of carbonyl (C=O) groups is 1. The van der Waals surface area contributed by atoms with E-state index in [2.05, 4.69) is 9.71 Å². The number of aromatic nitrogens is 1. The second-order valence-corrected chi connectivity index (χ2v) is 9.94. The van der Waals surface area contributed by atoms with Gasteiger partial charge in [0.2, 0.25) is 15.9 Å². The molecule has 0 aromatic carbocycles. The predicted octanol–water partition coefficient (Wildman–Crippen LogP) is 1.63. The third-order valence-electron chi connectivity index (χ3n) is 5.18. The van der Waals surface area contributed by atoms with E-state index in [4.69, 9.17) is 0 Å². The Morgan fingerprint density at radius 3 is 2.54 bits per heavy atom. The van der Waals surface area contributed by atoms with Crippen LogP contribution in [0.5, 0.6) is 0 Å². The van der Waals surface area contributed by atoms with Crippen LogP contribution in [0.25, 0.3) is 0 Å². The van der Waals surface area contributed by atoms with E-state index in [1.54, 1.807) is 5.51 Å². The lowest BCUT2D eigenvalue weighted by Gasteiger charge is -2.40. The van der Waals surface area contributed by atoms with Crippen molar-refractivity contribution in [1.29, 1.82) is 0 Å². The van der Waals surface area contributed by atoms with Crippen molar-refractivity contribution in [1.82, 2.24) is 9.71 Å². The van der Waals surface area contributed by atoms with Crippen molar-refractivity contribution in [3.63, 3.8) is 0 Å². The van der Waals surface area contributed by atoms with E-state index >= 15 is 0 Å². The fourth-order valence-corrected chi connectivity index (χ4v) is 6.07. The molecule has 2 unspecified atom stereocenters. The average Bonchev–Trinajstić information content (AvgIpc) is 2.89. The highest BCUT2D eigenvalue weighted by Gasteiger charge is 2.38. The van der Waals surface area contributed by atoms with E-state index in [9.17, 15) is 18.3 Å². The van der Waals surface area contributed by atoms with Gasteiger partial charge in [-0.2, -0.15) is 0 Å². The zero-order valence-electron chi connectivity index (χ0n) is 13.8. The number of amides is 1. The van der Waals surface area contributed by atoms with Crippen molar-refractivity contribution in [3.05, 3.63) is 16.1 Å². The lowest BCUT2D eigenvalue weighted by Crippen LogP contribution is -2.42. The van der Waals surface area contributed by atoms with Crippen LogP contribution in [0.2, 0.25) is 0 Å². The summed E-state index contributed by atoms with van der Waals surface area (Å²) in [5.74, 6) is -0.0417. The summed E-state index contributed by atoms with van der Waals surface area (Å²) >= 11 is 1.44. The molecule has 2 bridgehead atoms. The molecule has 134 valence electrons. The molecular weight excluding hydrogens is 348 g/mol. The number of aryl methyl sites for hydroxylation is 2. The quantitative estimate of drug-likeness (QED) is 0.819. The van der Waals surface area contributed by atoms with E-state index in [0.29, 0.717) is 31.1 Å². The third-order valence-corrected chi connectivity index (χ3v) is 7.43. The number of hydrogen-bond acceptors (Lipinski definition) is 6. The van der Waals surface area contributed by atoms with E-state index in [1.807, 2.05) is 6.92 Å². The SMILES string of the molecule is Cc1ncsc1CCS(=O)(=O)NC(=O)C1C[C@H]2CC(O)C[C@@H](C1)C2. The van der Waals surface area contributed by atoms with Crippen molar-refractivity contribution < 1.29 is 18.3 Å². The minimum atomic E-state index is -3.63. The normalized spacial score (nSPS) is 30.1. The number of aliphatic hydroxyl groups excluding tert-OH is 1. The van der Waals surface area contributed by atoms with Crippen molar-refractivity contribution in [2.45, 2.75) is 51.6 Å². The highest BCUT2D eigenvalue weighted by molar-refractivity contribution is 7.90. The van der Waals surface area contributed by atoms with E-state index in [-0.39, 0.29) is 23.7 Å². The topological polar surface area (TPSA) is 96.4 Å². The van der Waals surface area contributed by atoms with E-state index in [0.717, 1.165) is 29.8 Å². The van der Waals surface area contributed by atoms with Gasteiger partial charge in [-0.3, -0.25) is 9.52 Å². The average molecular weight is 373 g/mol. The van der Waals surface area contributed by atoms with Crippen molar-refractivity contribution in [3.8, 4) is 0 Å².